The number of carbonyl (C=O) groups is 1. The zero-order chi connectivity index (χ0) is 22.3. The summed E-state index contributed by atoms with van der Waals surface area (Å²) in [6, 6.07) is 20.9. The van der Waals surface area contributed by atoms with Gasteiger partial charge in [0, 0.05) is 6.20 Å². The molecule has 0 saturated heterocycles. The van der Waals surface area contributed by atoms with Crippen molar-refractivity contribution in [1.29, 1.82) is 0 Å². The van der Waals surface area contributed by atoms with E-state index in [2.05, 4.69) is 15.5 Å². The molecule has 0 aliphatic heterocycles. The molecular weight excluding hydrogens is 444 g/mol. The lowest BCUT2D eigenvalue weighted by molar-refractivity contribution is -0.123. The van der Waals surface area contributed by atoms with Gasteiger partial charge in [0.2, 0.25) is 0 Å². The molecule has 0 saturated carbocycles. The molecule has 1 atom stereocenters. The van der Waals surface area contributed by atoms with Gasteiger partial charge in [0.15, 0.2) is 18.1 Å². The van der Waals surface area contributed by atoms with Gasteiger partial charge in [-0.1, -0.05) is 54.1 Å². The molecule has 0 bridgehead atoms. The van der Waals surface area contributed by atoms with Crippen LogP contribution in [0.3, 0.4) is 0 Å². The monoisotopic (exact) mass is 466 g/mol. The summed E-state index contributed by atoms with van der Waals surface area (Å²) >= 11 is 8.12. The second-order valence-electron chi connectivity index (χ2n) is 7.19. The Hall–Kier alpha value is -3.03. The number of ether oxygens (including phenoxy) is 1. The second-order valence-corrected chi connectivity index (χ2v) is 8.58. The van der Waals surface area contributed by atoms with E-state index < -0.39 is 0 Å². The molecule has 2 heterocycles. The third kappa shape index (κ3) is 5.23. The number of benzene rings is 2. The fourth-order valence-electron chi connectivity index (χ4n) is 3.41. The lowest BCUT2D eigenvalue weighted by atomic mass is 10.1. The highest BCUT2D eigenvalue weighted by Crippen LogP contribution is 2.30. The molecular formula is C24H23ClN4O2S. The Bertz CT molecular complexity index is 1200. The lowest BCUT2D eigenvalue weighted by Crippen LogP contribution is -2.34. The average Bonchev–Trinajstić information content (AvgIpc) is 3.25. The highest BCUT2D eigenvalue weighted by Gasteiger charge is 2.20. The first-order chi connectivity index (χ1) is 15.7. The minimum Gasteiger partial charge on any atom is -0.482 e. The zero-order valence-corrected chi connectivity index (χ0v) is 19.1. The van der Waals surface area contributed by atoms with E-state index in [1.54, 1.807) is 17.8 Å². The van der Waals surface area contributed by atoms with Gasteiger partial charge in [0.25, 0.3) is 5.91 Å². The van der Waals surface area contributed by atoms with E-state index >= 15 is 0 Å². The summed E-state index contributed by atoms with van der Waals surface area (Å²) in [6.45, 7) is -0.142. The topological polar surface area (TPSA) is 68.5 Å². The van der Waals surface area contributed by atoms with Crippen LogP contribution >= 0.6 is 23.4 Å². The first kappa shape index (κ1) is 22.2. The van der Waals surface area contributed by atoms with Crippen LogP contribution in [0.15, 0.2) is 72.9 Å². The number of nitrogens with one attached hydrogen (secondary N) is 1. The molecule has 0 unspecified atom stereocenters. The SMILES string of the molecule is CSCC[C@@H](NC(=O)COc1ccc(-c2ccccc2)cc1Cl)c1nnc2ccccn12. The maximum absolute atomic E-state index is 12.7. The van der Waals surface area contributed by atoms with Gasteiger partial charge in [0.1, 0.15) is 5.75 Å². The van der Waals surface area contributed by atoms with Crippen LogP contribution in [-0.4, -0.2) is 39.1 Å². The van der Waals surface area contributed by atoms with Crippen molar-refractivity contribution in [2.45, 2.75) is 12.5 Å². The van der Waals surface area contributed by atoms with Crippen molar-refractivity contribution < 1.29 is 9.53 Å². The van der Waals surface area contributed by atoms with Crippen LogP contribution < -0.4 is 10.1 Å². The van der Waals surface area contributed by atoms with Crippen molar-refractivity contribution >= 4 is 34.9 Å². The van der Waals surface area contributed by atoms with E-state index in [4.69, 9.17) is 16.3 Å². The largest absolute Gasteiger partial charge is 0.482 e. The summed E-state index contributed by atoms with van der Waals surface area (Å²) in [5.41, 5.74) is 2.80. The molecule has 4 aromatic rings. The molecule has 2 aromatic heterocycles. The minimum atomic E-state index is -0.271. The Labute approximate surface area is 196 Å². The third-order valence-electron chi connectivity index (χ3n) is 5.00. The normalized spacial score (nSPS) is 11.9. The highest BCUT2D eigenvalue weighted by atomic mass is 35.5. The Morgan fingerprint density at radius 1 is 1.09 bits per heavy atom. The van der Waals surface area contributed by atoms with Gasteiger partial charge in [-0.25, -0.2) is 0 Å². The van der Waals surface area contributed by atoms with Gasteiger partial charge in [0.05, 0.1) is 11.1 Å². The molecule has 8 heteroatoms. The third-order valence-corrected chi connectivity index (χ3v) is 5.93. The summed E-state index contributed by atoms with van der Waals surface area (Å²) in [5.74, 6) is 1.80. The average molecular weight is 467 g/mol. The first-order valence-corrected chi connectivity index (χ1v) is 12.0. The summed E-state index contributed by atoms with van der Waals surface area (Å²) in [6.07, 6.45) is 4.66. The summed E-state index contributed by atoms with van der Waals surface area (Å²) in [5, 5.41) is 12.0. The number of nitrogens with zero attached hydrogens (tertiary/aromatic N) is 3. The van der Waals surface area contributed by atoms with E-state index in [1.807, 2.05) is 77.5 Å². The fourth-order valence-corrected chi connectivity index (χ4v) is 4.11. The van der Waals surface area contributed by atoms with Gasteiger partial charge in [-0.2, -0.15) is 11.8 Å². The molecule has 4 rings (SSSR count). The fraction of sp³-hybridized carbons (Fsp3) is 0.208. The lowest BCUT2D eigenvalue weighted by Gasteiger charge is -2.17. The molecule has 0 radical (unpaired) electrons. The zero-order valence-electron chi connectivity index (χ0n) is 17.6. The summed E-state index contributed by atoms with van der Waals surface area (Å²) in [7, 11) is 0. The van der Waals surface area contributed by atoms with Gasteiger partial charge in [-0.15, -0.1) is 10.2 Å². The van der Waals surface area contributed by atoms with Crippen LogP contribution in [0.1, 0.15) is 18.3 Å². The van der Waals surface area contributed by atoms with Crippen molar-refractivity contribution in [3.8, 4) is 16.9 Å². The molecule has 0 aliphatic rings. The van der Waals surface area contributed by atoms with Crippen molar-refractivity contribution in [3.05, 3.63) is 83.8 Å². The molecule has 0 fully saturated rings. The molecule has 32 heavy (non-hydrogen) atoms. The van der Waals surface area contributed by atoms with Gasteiger partial charge in [-0.05, 0) is 53.8 Å². The molecule has 164 valence electrons. The highest BCUT2D eigenvalue weighted by molar-refractivity contribution is 7.98. The van der Waals surface area contributed by atoms with E-state index in [0.29, 0.717) is 16.6 Å². The smallest absolute Gasteiger partial charge is 0.258 e. The van der Waals surface area contributed by atoms with E-state index in [9.17, 15) is 4.79 Å². The number of thioether (sulfide) groups is 1. The molecule has 2 aromatic carbocycles. The maximum Gasteiger partial charge on any atom is 0.258 e. The van der Waals surface area contributed by atoms with E-state index in [1.165, 1.54) is 0 Å². The number of hydrogen-bond acceptors (Lipinski definition) is 5. The van der Waals surface area contributed by atoms with E-state index in [-0.39, 0.29) is 18.6 Å². The predicted molar refractivity (Wildman–Crippen MR) is 129 cm³/mol. The Morgan fingerprint density at radius 2 is 1.91 bits per heavy atom. The van der Waals surface area contributed by atoms with Crippen LogP contribution in [0.25, 0.3) is 16.8 Å². The molecule has 0 aliphatic carbocycles. The van der Waals surface area contributed by atoms with Crippen molar-refractivity contribution in [2.24, 2.45) is 0 Å². The Balaban J connectivity index is 1.42. The second kappa shape index (κ2) is 10.5. The van der Waals surface area contributed by atoms with Crippen LogP contribution in [0.5, 0.6) is 5.75 Å². The number of carbonyl (C=O) groups excluding carboxylic acids is 1. The Kier molecular flexibility index (Phi) is 7.29. The minimum absolute atomic E-state index is 0.142. The quantitative estimate of drug-likeness (QED) is 0.374. The standard InChI is InChI=1S/C24H23ClN4O2S/c1-32-14-12-20(24-28-27-22-9-5-6-13-29(22)24)26-23(30)16-31-21-11-10-18(15-19(21)25)17-7-3-2-4-8-17/h2-11,13,15,20H,12,14,16H2,1H3,(H,26,30)/t20-/m1/s1. The van der Waals surface area contributed by atoms with Crippen LogP contribution in [0.2, 0.25) is 5.02 Å². The van der Waals surface area contributed by atoms with Gasteiger partial charge in [-0.3, -0.25) is 9.20 Å². The number of rotatable bonds is 9. The number of halogens is 1. The maximum atomic E-state index is 12.7. The number of hydrogen-bond donors (Lipinski definition) is 1. The van der Waals surface area contributed by atoms with Crippen LogP contribution in [0, 0.1) is 0 Å². The predicted octanol–water partition coefficient (Wildman–Crippen LogP) is 5.04. The molecule has 6 nitrogen and oxygen atoms in total. The van der Waals surface area contributed by atoms with Crippen molar-refractivity contribution in [2.75, 3.05) is 18.6 Å². The van der Waals surface area contributed by atoms with Crippen LogP contribution in [0.4, 0.5) is 0 Å². The summed E-state index contributed by atoms with van der Waals surface area (Å²) < 4.78 is 7.60. The summed E-state index contributed by atoms with van der Waals surface area (Å²) in [4.78, 5) is 12.7. The van der Waals surface area contributed by atoms with Crippen molar-refractivity contribution in [1.82, 2.24) is 19.9 Å². The van der Waals surface area contributed by atoms with Gasteiger partial charge >= 0.3 is 0 Å². The Morgan fingerprint density at radius 3 is 2.69 bits per heavy atom. The number of aromatic nitrogens is 3. The molecule has 1 N–H and O–H groups in total. The number of fused-ring (bicyclic) bond motifs is 1. The van der Waals surface area contributed by atoms with Crippen LogP contribution in [-0.2, 0) is 4.79 Å². The van der Waals surface area contributed by atoms with Gasteiger partial charge < -0.3 is 10.1 Å². The number of amides is 1. The van der Waals surface area contributed by atoms with E-state index in [0.717, 1.165) is 28.9 Å². The number of pyridine rings is 1. The first-order valence-electron chi connectivity index (χ1n) is 10.2. The molecule has 1 amide bonds. The molecule has 0 spiro atoms. The van der Waals surface area contributed by atoms with Crippen molar-refractivity contribution in [3.63, 3.8) is 0 Å².